The number of hydrogen-bond acceptors (Lipinski definition) is 5. The van der Waals surface area contributed by atoms with Crippen molar-refractivity contribution in [1.29, 1.82) is 0 Å². The molecule has 20 heavy (non-hydrogen) atoms. The number of aliphatic hydroxyl groups is 1. The van der Waals surface area contributed by atoms with Gasteiger partial charge in [-0.15, -0.1) is 0 Å². The van der Waals surface area contributed by atoms with Crippen molar-refractivity contribution in [3.05, 3.63) is 33.9 Å². The Bertz CT molecular complexity index is 516. The Morgan fingerprint density at radius 1 is 1.50 bits per heavy atom. The number of rotatable bonds is 5. The molecular weight excluding hydrogens is 260 g/mol. The lowest BCUT2D eigenvalue weighted by atomic mass is 9.64. The highest BCUT2D eigenvalue weighted by Gasteiger charge is 2.46. The van der Waals surface area contributed by atoms with E-state index in [1.807, 2.05) is 13.8 Å². The summed E-state index contributed by atoms with van der Waals surface area (Å²) in [7, 11) is 1.49. The first-order valence-corrected chi connectivity index (χ1v) is 6.58. The maximum Gasteiger partial charge on any atom is 0.273 e. The van der Waals surface area contributed by atoms with Gasteiger partial charge in [-0.25, -0.2) is 0 Å². The van der Waals surface area contributed by atoms with Crippen molar-refractivity contribution in [2.45, 2.75) is 39.0 Å². The number of benzene rings is 1. The van der Waals surface area contributed by atoms with Crippen LogP contribution in [0.15, 0.2) is 18.2 Å². The van der Waals surface area contributed by atoms with Crippen molar-refractivity contribution in [1.82, 2.24) is 5.32 Å². The molecule has 2 unspecified atom stereocenters. The van der Waals surface area contributed by atoms with Crippen molar-refractivity contribution in [3.8, 4) is 5.75 Å². The second-order valence-electron chi connectivity index (χ2n) is 5.80. The SMILES string of the molecule is COc1cc(CNC2CC(O)C2(C)C)cc([N+](=O)[O-])c1. The van der Waals surface area contributed by atoms with Crippen LogP contribution in [0.4, 0.5) is 5.69 Å². The highest BCUT2D eigenvalue weighted by atomic mass is 16.6. The van der Waals surface area contributed by atoms with Gasteiger partial charge in [-0.3, -0.25) is 10.1 Å². The zero-order valence-corrected chi connectivity index (χ0v) is 11.9. The first kappa shape index (κ1) is 14.7. The molecule has 0 aromatic heterocycles. The summed E-state index contributed by atoms with van der Waals surface area (Å²) < 4.78 is 5.08. The minimum atomic E-state index is -0.428. The summed E-state index contributed by atoms with van der Waals surface area (Å²) in [5.74, 6) is 0.476. The van der Waals surface area contributed by atoms with Gasteiger partial charge < -0.3 is 15.2 Å². The van der Waals surface area contributed by atoms with Crippen LogP contribution in [0.25, 0.3) is 0 Å². The standard InChI is InChI=1S/C14H20N2O4/c1-14(2)12(7-13(14)17)15-8-9-4-10(16(18)19)6-11(5-9)20-3/h4-6,12-13,15,17H,7-8H2,1-3H3. The number of nitrogens with zero attached hydrogens (tertiary/aromatic N) is 1. The van der Waals surface area contributed by atoms with Crippen LogP contribution in [0, 0.1) is 15.5 Å². The fourth-order valence-electron chi connectivity index (χ4n) is 2.46. The molecule has 1 aliphatic rings. The topological polar surface area (TPSA) is 84.6 Å². The number of hydrogen-bond donors (Lipinski definition) is 2. The third kappa shape index (κ3) is 2.76. The third-order valence-corrected chi connectivity index (χ3v) is 4.17. The summed E-state index contributed by atoms with van der Waals surface area (Å²) in [6, 6.07) is 4.93. The number of nitrogens with one attached hydrogen (secondary N) is 1. The molecule has 0 saturated heterocycles. The Labute approximate surface area is 117 Å². The van der Waals surface area contributed by atoms with E-state index in [1.54, 1.807) is 6.07 Å². The molecule has 0 bridgehead atoms. The van der Waals surface area contributed by atoms with Crippen LogP contribution in [-0.4, -0.2) is 29.3 Å². The molecule has 0 heterocycles. The van der Waals surface area contributed by atoms with E-state index in [0.717, 1.165) is 5.56 Å². The Kier molecular flexibility index (Phi) is 3.96. The van der Waals surface area contributed by atoms with Crippen LogP contribution in [-0.2, 0) is 6.54 Å². The average Bonchev–Trinajstić information content (AvgIpc) is 2.42. The van der Waals surface area contributed by atoms with E-state index in [9.17, 15) is 15.2 Å². The zero-order valence-electron chi connectivity index (χ0n) is 11.9. The first-order chi connectivity index (χ1) is 9.34. The van der Waals surface area contributed by atoms with E-state index in [1.165, 1.54) is 19.2 Å². The summed E-state index contributed by atoms with van der Waals surface area (Å²) in [6.07, 6.45) is 0.415. The Balaban J connectivity index is 2.06. The molecule has 2 rings (SSSR count). The van der Waals surface area contributed by atoms with Gasteiger partial charge in [0.25, 0.3) is 5.69 Å². The summed E-state index contributed by atoms with van der Waals surface area (Å²) >= 11 is 0. The van der Waals surface area contributed by atoms with Gasteiger partial charge >= 0.3 is 0 Å². The lowest BCUT2D eigenvalue weighted by molar-refractivity contribution is -0.385. The molecule has 110 valence electrons. The summed E-state index contributed by atoms with van der Waals surface area (Å²) in [5, 5.41) is 23.9. The molecule has 0 spiro atoms. The van der Waals surface area contributed by atoms with Crippen LogP contribution in [0.5, 0.6) is 5.75 Å². The summed E-state index contributed by atoms with van der Waals surface area (Å²) in [5.41, 5.74) is 0.660. The monoisotopic (exact) mass is 280 g/mol. The smallest absolute Gasteiger partial charge is 0.273 e. The number of nitro benzene ring substituents is 1. The van der Waals surface area contributed by atoms with Crippen LogP contribution >= 0.6 is 0 Å². The molecule has 6 nitrogen and oxygen atoms in total. The number of methoxy groups -OCH3 is 1. The fourth-order valence-corrected chi connectivity index (χ4v) is 2.46. The van der Waals surface area contributed by atoms with E-state index in [-0.39, 0.29) is 23.2 Å². The zero-order chi connectivity index (χ0) is 14.9. The van der Waals surface area contributed by atoms with Crippen LogP contribution < -0.4 is 10.1 Å². The van der Waals surface area contributed by atoms with Crippen molar-refractivity contribution in [3.63, 3.8) is 0 Å². The fraction of sp³-hybridized carbons (Fsp3) is 0.571. The van der Waals surface area contributed by atoms with Gasteiger partial charge in [0.15, 0.2) is 0 Å². The van der Waals surface area contributed by atoms with Gasteiger partial charge in [-0.2, -0.15) is 0 Å². The molecule has 0 aliphatic heterocycles. The largest absolute Gasteiger partial charge is 0.496 e. The molecule has 1 saturated carbocycles. The lowest BCUT2D eigenvalue weighted by Gasteiger charge is -2.49. The van der Waals surface area contributed by atoms with Gasteiger partial charge in [0.2, 0.25) is 0 Å². The highest BCUT2D eigenvalue weighted by molar-refractivity contribution is 5.42. The molecule has 1 fully saturated rings. The molecule has 1 aliphatic carbocycles. The average molecular weight is 280 g/mol. The molecular formula is C14H20N2O4. The van der Waals surface area contributed by atoms with Crippen molar-refractivity contribution in [2.75, 3.05) is 7.11 Å². The minimum absolute atomic E-state index is 0.0223. The maximum atomic E-state index is 10.9. The van der Waals surface area contributed by atoms with E-state index in [2.05, 4.69) is 5.32 Å². The predicted octanol–water partition coefficient (Wildman–Crippen LogP) is 1.85. The van der Waals surface area contributed by atoms with Gasteiger partial charge in [0, 0.05) is 24.1 Å². The van der Waals surface area contributed by atoms with Gasteiger partial charge in [-0.1, -0.05) is 13.8 Å². The van der Waals surface area contributed by atoms with Crippen LogP contribution in [0.1, 0.15) is 25.8 Å². The van der Waals surface area contributed by atoms with Crippen LogP contribution in [0.2, 0.25) is 0 Å². The molecule has 0 radical (unpaired) electrons. The predicted molar refractivity (Wildman–Crippen MR) is 74.7 cm³/mol. The molecule has 2 atom stereocenters. The normalized spacial score (nSPS) is 24.0. The summed E-state index contributed by atoms with van der Waals surface area (Å²) in [6.45, 7) is 4.53. The molecule has 6 heteroatoms. The first-order valence-electron chi connectivity index (χ1n) is 6.58. The Hall–Kier alpha value is -1.66. The molecule has 0 amide bonds. The Morgan fingerprint density at radius 2 is 2.20 bits per heavy atom. The minimum Gasteiger partial charge on any atom is -0.496 e. The van der Waals surface area contributed by atoms with Gasteiger partial charge in [0.05, 0.1) is 24.2 Å². The van der Waals surface area contributed by atoms with Gasteiger partial charge in [-0.05, 0) is 18.1 Å². The second kappa shape index (κ2) is 5.38. The van der Waals surface area contributed by atoms with Crippen molar-refractivity contribution < 1.29 is 14.8 Å². The number of non-ortho nitro benzene ring substituents is 1. The molecule has 1 aromatic rings. The third-order valence-electron chi connectivity index (χ3n) is 4.17. The van der Waals surface area contributed by atoms with E-state index in [4.69, 9.17) is 4.74 Å². The summed E-state index contributed by atoms with van der Waals surface area (Å²) in [4.78, 5) is 10.4. The highest BCUT2D eigenvalue weighted by Crippen LogP contribution is 2.40. The van der Waals surface area contributed by atoms with Gasteiger partial charge in [0.1, 0.15) is 5.75 Å². The van der Waals surface area contributed by atoms with Crippen molar-refractivity contribution >= 4 is 5.69 Å². The quantitative estimate of drug-likeness (QED) is 0.635. The lowest BCUT2D eigenvalue weighted by Crippen LogP contribution is -2.59. The number of nitro groups is 1. The maximum absolute atomic E-state index is 10.9. The van der Waals surface area contributed by atoms with E-state index >= 15 is 0 Å². The van der Waals surface area contributed by atoms with E-state index < -0.39 is 4.92 Å². The number of aliphatic hydroxyl groups excluding tert-OH is 1. The van der Waals surface area contributed by atoms with Crippen molar-refractivity contribution in [2.24, 2.45) is 5.41 Å². The molecule has 2 N–H and O–H groups in total. The van der Waals surface area contributed by atoms with Crippen LogP contribution in [0.3, 0.4) is 0 Å². The van der Waals surface area contributed by atoms with E-state index in [0.29, 0.717) is 18.7 Å². The molecule has 1 aromatic carbocycles. The number of ether oxygens (including phenoxy) is 1. The Morgan fingerprint density at radius 3 is 2.70 bits per heavy atom. The second-order valence-corrected chi connectivity index (χ2v) is 5.80.